The van der Waals surface area contributed by atoms with Gasteiger partial charge >= 0.3 is 0 Å². The molecule has 1 unspecified atom stereocenters. The number of nitriles is 1. The summed E-state index contributed by atoms with van der Waals surface area (Å²) in [7, 11) is 0. The van der Waals surface area contributed by atoms with Crippen molar-refractivity contribution in [2.75, 3.05) is 26.4 Å². The van der Waals surface area contributed by atoms with Crippen LogP contribution in [0.5, 0.6) is 23.0 Å². The third-order valence-corrected chi connectivity index (χ3v) is 26.4. The van der Waals surface area contributed by atoms with Crippen LogP contribution in [-0.4, -0.2) is 117 Å². The molecule has 0 spiro atoms. The predicted molar refractivity (Wildman–Crippen MR) is 562 cm³/mol. The number of carbonyl (C=O) groups is 4. The number of aliphatic hydroxyl groups is 1. The fraction of sp³-hybridized carbons (Fsp3) is 0.358. The lowest BCUT2D eigenvalue weighted by Crippen LogP contribution is -2.27. The zero-order chi connectivity index (χ0) is 104. The largest absolute Gasteiger partial charge is 0.493 e. The van der Waals surface area contributed by atoms with Gasteiger partial charge in [-0.2, -0.15) is 14.0 Å². The lowest BCUT2D eigenvalue weighted by Gasteiger charge is -2.30. The fourth-order valence-electron chi connectivity index (χ4n) is 20.3. The van der Waals surface area contributed by atoms with Crippen LogP contribution in [0, 0.1) is 39.0 Å². The summed E-state index contributed by atoms with van der Waals surface area (Å²) in [5.74, 6) is -0.273. The molecular weight excluding hydrogens is 1830 g/mol. The fourth-order valence-corrected chi connectivity index (χ4v) is 20.3. The quantitative estimate of drug-likeness (QED) is 0.0787. The number of aromatic nitrogens is 8. The molecule has 0 fully saturated rings. The van der Waals surface area contributed by atoms with E-state index in [1.54, 1.807) is 65.1 Å². The molecule has 1 N–H and O–H groups in total. The second kappa shape index (κ2) is 39.5. The smallest absolute Gasteiger partial charge is 0.286 e. The highest BCUT2D eigenvalue weighted by molar-refractivity contribution is 6.14. The van der Waals surface area contributed by atoms with Gasteiger partial charge in [-0.15, -0.1) is 0 Å². The third-order valence-electron chi connectivity index (χ3n) is 26.4. The maximum Gasteiger partial charge on any atom is 0.286 e. The van der Waals surface area contributed by atoms with Crippen LogP contribution >= 0.6 is 0 Å². The number of fused-ring (bicyclic) bond motifs is 4. The molecule has 16 aromatic rings. The number of aryl methyl sites for hydroxylation is 4. The van der Waals surface area contributed by atoms with Crippen LogP contribution in [0.3, 0.4) is 0 Å². The highest BCUT2D eigenvalue weighted by Crippen LogP contribution is 2.53. The van der Waals surface area contributed by atoms with Crippen molar-refractivity contribution in [3.63, 3.8) is 0 Å². The average molecular weight is 1960 g/mol. The monoisotopic (exact) mass is 1950 g/mol. The minimum atomic E-state index is -3.09. The van der Waals surface area contributed by atoms with Gasteiger partial charge in [0.05, 0.1) is 104 Å². The SMILES string of the molecule is CC(=O)[C@@H](OC(C)(C)C)c1c(C)cc2nc(C#N)ccc2c1-c1ccc2c3c(ccnc13)CCO2.CC(=O)[C@@H](OC(C)(C)C)c1c(C)cc2nc(C(C)(C)O)ccc2c1-c1ccc2c3c(ccnc13)CCO2.CC(=O)[C@@H](OC(C)(C)C)c1c(C)cc2nc(C(C)(F)F)ccc2c1-c1ccc2c3c(ccnc13)CCO2.CC(=O)[C@@H](OC(C)(C)C)c1c(C)cc2nc(C(C)F)ccc2c1-c1ccc2c3c(ccnc13)CCO2. The molecule has 25 heteroatoms. The van der Waals surface area contributed by atoms with E-state index in [-0.39, 0.29) is 28.8 Å². The highest BCUT2D eigenvalue weighted by Gasteiger charge is 2.39. The summed E-state index contributed by atoms with van der Waals surface area (Å²) in [6.07, 6.45) is 6.08. The molecule has 0 radical (unpaired) electrons. The van der Waals surface area contributed by atoms with Crippen molar-refractivity contribution in [3.8, 4) is 73.6 Å². The van der Waals surface area contributed by atoms with Crippen LogP contribution in [-0.2, 0) is 75.3 Å². The maximum absolute atomic E-state index is 14.2. The molecule has 0 bridgehead atoms. The Bertz CT molecular complexity index is 7730. The lowest BCUT2D eigenvalue weighted by atomic mass is 9.85. The Morgan fingerprint density at radius 1 is 0.366 bits per heavy atom. The van der Waals surface area contributed by atoms with Crippen LogP contribution in [0.2, 0.25) is 0 Å². The first kappa shape index (κ1) is 102. The lowest BCUT2D eigenvalue weighted by molar-refractivity contribution is -0.139. The van der Waals surface area contributed by atoms with Crippen molar-refractivity contribution >= 4 is 110 Å². The molecule has 12 heterocycles. The van der Waals surface area contributed by atoms with Gasteiger partial charge in [0.25, 0.3) is 5.92 Å². The summed E-state index contributed by atoms with van der Waals surface area (Å²) in [5, 5.41) is 27.2. The zero-order valence-corrected chi connectivity index (χ0v) is 86.7. The van der Waals surface area contributed by atoms with Crippen LogP contribution in [0.1, 0.15) is 259 Å². The minimum Gasteiger partial charge on any atom is -0.493 e. The van der Waals surface area contributed by atoms with E-state index in [2.05, 4.69) is 21.0 Å². The van der Waals surface area contributed by atoms with Crippen molar-refractivity contribution in [1.29, 1.82) is 5.26 Å². The summed E-state index contributed by atoms with van der Waals surface area (Å²) >= 11 is 0. The Hall–Kier alpha value is -14.0. The standard InChI is InChI=1S/C31H34N2O4.C30H30F2N2O3.C30H31FN2O3.C29H27N3O3/c1-17-16-22-20(9-11-24(33-22)31(6,7)35)27(25(17)29(18(2)34)37-30(3,4)5)21-8-10-23-26-19(13-15-36-23)12-14-32-28(21)26;1-16-15-21-19(8-10-23(34-21)30(6,31)32)26(24(16)28(17(2)35)37-29(3,4)5)20-7-9-22-25-18(12-14-36-22)11-13-33-27(20)25;1-16-15-23-20(7-9-22(33-23)17(2)31)27(25(16)29(18(3)34)36-30(4,5)6)21-8-10-24-26-19(12-14-35-24)11-13-32-28(21)26;1-16-14-22-20(7-6-19(15-30)32-22)26(24(16)28(17(2)33)35-29(3,4)5)21-8-9-23-25-18(11-13-34-23)10-12-31-27(21)25/h8-12,14,16,29,35H,13,15H2,1-7H3;7-11,13,15,28H,12,14H2,1-6H3;7-11,13,15,17,29H,12,14H2,1-6H3;6-10,12,14,28H,11,13H2,1-5H3/t29-;28-;17?,29-;28-/m1111/s1. The molecule has 8 aromatic carbocycles. The van der Waals surface area contributed by atoms with Crippen LogP contribution in [0.25, 0.3) is 132 Å². The van der Waals surface area contributed by atoms with Gasteiger partial charge in [0.15, 0.2) is 23.1 Å². The molecule has 0 saturated carbocycles. The maximum atomic E-state index is 14.2. The molecule has 20 rings (SSSR count). The molecule has 5 atom stereocenters. The van der Waals surface area contributed by atoms with E-state index in [0.717, 1.165) is 204 Å². The number of hydrogen-bond donors (Lipinski definition) is 1. The average Bonchev–Trinajstić information content (AvgIpc) is 0.739. The van der Waals surface area contributed by atoms with E-state index < -0.39 is 64.5 Å². The Balaban J connectivity index is 0.000000132. The number of halogens is 3. The Kier molecular flexibility index (Phi) is 27.9. The van der Waals surface area contributed by atoms with Crippen molar-refractivity contribution in [2.24, 2.45) is 0 Å². The molecular formula is C120H122F3N9O13. The van der Waals surface area contributed by atoms with Gasteiger partial charge in [-0.05, 0) is 376 Å². The van der Waals surface area contributed by atoms with Gasteiger partial charge < -0.3 is 43.0 Å². The van der Waals surface area contributed by atoms with E-state index in [1.165, 1.54) is 36.6 Å². The summed E-state index contributed by atoms with van der Waals surface area (Å²) in [5.41, 5.74) is 21.2. The number of alkyl halides is 3. The topological polar surface area (TPSA) is 289 Å². The first-order chi connectivity index (χ1) is 68.4. The van der Waals surface area contributed by atoms with E-state index >= 15 is 0 Å². The second-order valence-corrected chi connectivity index (χ2v) is 42.7. The zero-order valence-electron chi connectivity index (χ0n) is 86.7. The first-order valence-electron chi connectivity index (χ1n) is 49.2. The summed E-state index contributed by atoms with van der Waals surface area (Å²) in [6, 6.07) is 47.7. The number of nitrogens with zero attached hydrogens (tertiary/aromatic N) is 9. The van der Waals surface area contributed by atoms with Gasteiger partial charge in [-0.25, -0.2) is 24.3 Å². The van der Waals surface area contributed by atoms with Crippen LogP contribution < -0.4 is 18.9 Å². The molecule has 0 aliphatic carbocycles. The summed E-state index contributed by atoms with van der Waals surface area (Å²) in [4.78, 5) is 89.6. The molecule has 0 amide bonds. The summed E-state index contributed by atoms with van der Waals surface area (Å²) < 4.78 is 91.8. The Labute approximate surface area is 842 Å². The molecule has 4 aliphatic heterocycles. The number of pyridine rings is 8. The summed E-state index contributed by atoms with van der Waals surface area (Å²) in [6.45, 7) is 45.4. The number of ether oxygens (including phenoxy) is 8. The number of benzene rings is 8. The third kappa shape index (κ3) is 20.8. The molecule has 22 nitrogen and oxygen atoms in total. The van der Waals surface area contributed by atoms with Gasteiger partial charge in [-0.3, -0.25) is 39.1 Å². The van der Waals surface area contributed by atoms with E-state index in [4.69, 9.17) is 62.8 Å². The van der Waals surface area contributed by atoms with E-state index in [0.29, 0.717) is 76.6 Å². The second-order valence-electron chi connectivity index (χ2n) is 42.7. The van der Waals surface area contributed by atoms with Crippen LogP contribution in [0.15, 0.2) is 170 Å². The van der Waals surface area contributed by atoms with Gasteiger partial charge in [0.1, 0.15) is 76.6 Å². The van der Waals surface area contributed by atoms with Crippen LogP contribution in [0.4, 0.5) is 13.2 Å². The normalized spacial score (nSPS) is 14.6. The molecule has 746 valence electrons. The number of hydrogen-bond acceptors (Lipinski definition) is 22. The van der Waals surface area contributed by atoms with Gasteiger partial charge in [0, 0.05) is 123 Å². The number of Topliss-reactive ketones (excluding diaryl/α,β-unsaturated/α-hetero) is 4. The first-order valence-corrected chi connectivity index (χ1v) is 49.2. The molecule has 0 saturated heterocycles. The minimum absolute atomic E-state index is 0.0706. The van der Waals surface area contributed by atoms with Crippen molar-refractivity contribution in [1.82, 2.24) is 39.9 Å². The molecule has 4 aliphatic rings. The van der Waals surface area contributed by atoms with E-state index in [1.807, 2.05) is 245 Å². The van der Waals surface area contributed by atoms with Crippen molar-refractivity contribution < 1.29 is 75.4 Å². The number of carbonyl (C=O) groups excluding carboxylic acids is 4. The Morgan fingerprint density at radius 3 is 0.890 bits per heavy atom. The molecule has 8 aromatic heterocycles. The van der Waals surface area contributed by atoms with E-state index in [9.17, 15) is 42.7 Å². The van der Waals surface area contributed by atoms with Crippen molar-refractivity contribution in [2.45, 2.75) is 256 Å². The Morgan fingerprint density at radius 2 is 0.628 bits per heavy atom. The van der Waals surface area contributed by atoms with Crippen molar-refractivity contribution in [3.05, 3.63) is 260 Å². The highest BCUT2D eigenvalue weighted by atomic mass is 19.3. The number of ketones is 4. The number of rotatable bonds is 19. The van der Waals surface area contributed by atoms with Gasteiger partial charge in [-0.1, -0.05) is 18.2 Å². The molecule has 145 heavy (non-hydrogen) atoms. The predicted octanol–water partition coefficient (Wildman–Crippen LogP) is 26.8. The van der Waals surface area contributed by atoms with Gasteiger partial charge in [0.2, 0.25) is 0 Å².